The molecule has 0 atom stereocenters. The summed E-state index contributed by atoms with van der Waals surface area (Å²) in [6, 6.07) is 3.52. The smallest absolute Gasteiger partial charge is 0.143 e. The summed E-state index contributed by atoms with van der Waals surface area (Å²) in [5.41, 5.74) is 0.838. The van der Waals surface area contributed by atoms with E-state index in [-0.39, 0.29) is 5.75 Å². The monoisotopic (exact) mass is 344 g/mol. The molecule has 0 aliphatic carbocycles. The number of nitrogens with zero attached hydrogens (tertiary/aromatic N) is 4. The summed E-state index contributed by atoms with van der Waals surface area (Å²) >= 11 is 6.48. The van der Waals surface area contributed by atoms with Crippen molar-refractivity contribution in [2.24, 2.45) is 5.10 Å². The number of rotatable bonds is 2. The molecule has 82 valence electrons. The van der Waals surface area contributed by atoms with E-state index in [1.807, 2.05) is 0 Å². The van der Waals surface area contributed by atoms with Crippen LogP contribution < -0.4 is 0 Å². The molecule has 0 spiro atoms. The van der Waals surface area contributed by atoms with Crippen LogP contribution in [0.3, 0.4) is 0 Å². The zero-order valence-corrected chi connectivity index (χ0v) is 11.1. The summed E-state index contributed by atoms with van der Waals surface area (Å²) < 4.78 is 2.69. The van der Waals surface area contributed by atoms with Crippen molar-refractivity contribution in [3.63, 3.8) is 0 Å². The Morgan fingerprint density at radius 3 is 2.31 bits per heavy atom. The zero-order chi connectivity index (χ0) is 11.5. The second-order valence-electron chi connectivity index (χ2n) is 2.92. The summed E-state index contributed by atoms with van der Waals surface area (Å²) in [7, 11) is 0. The van der Waals surface area contributed by atoms with Crippen molar-refractivity contribution in [2.75, 3.05) is 0 Å². The largest absolute Gasteiger partial charge is 0.506 e. The lowest BCUT2D eigenvalue weighted by molar-refractivity contribution is 0.468. The van der Waals surface area contributed by atoms with Gasteiger partial charge >= 0.3 is 0 Å². The summed E-state index contributed by atoms with van der Waals surface area (Å²) in [6.45, 7) is 0. The minimum atomic E-state index is 0.168. The molecule has 5 nitrogen and oxygen atoms in total. The molecular weight excluding hydrogens is 340 g/mol. The van der Waals surface area contributed by atoms with E-state index in [9.17, 15) is 5.11 Å². The third kappa shape index (κ3) is 2.48. The first kappa shape index (κ1) is 11.3. The average molecular weight is 346 g/mol. The van der Waals surface area contributed by atoms with Gasteiger partial charge < -0.3 is 5.11 Å². The van der Waals surface area contributed by atoms with Gasteiger partial charge in [0.15, 0.2) is 0 Å². The molecule has 0 saturated heterocycles. The van der Waals surface area contributed by atoms with Gasteiger partial charge in [-0.15, -0.1) is 10.2 Å². The van der Waals surface area contributed by atoms with E-state index in [1.165, 1.54) is 17.3 Å². The molecule has 2 aromatic rings. The van der Waals surface area contributed by atoms with Crippen LogP contribution in [-0.2, 0) is 0 Å². The van der Waals surface area contributed by atoms with Crippen molar-refractivity contribution in [3.05, 3.63) is 39.3 Å². The summed E-state index contributed by atoms with van der Waals surface area (Å²) in [5, 5.41) is 20.9. The number of halogens is 2. The predicted octanol–water partition coefficient (Wildman–Crippen LogP) is 2.39. The fraction of sp³-hybridized carbons (Fsp3) is 0. The van der Waals surface area contributed by atoms with Crippen LogP contribution in [0.5, 0.6) is 5.75 Å². The standard InChI is InChI=1S/C9H6Br2N4O/c10-7-1-6(2-8(11)9(7)16)3-14-15-4-12-13-5-15/h1-5,16H. The molecule has 7 heteroatoms. The van der Waals surface area contributed by atoms with Crippen molar-refractivity contribution in [1.82, 2.24) is 14.9 Å². The lowest BCUT2D eigenvalue weighted by Crippen LogP contribution is -1.88. The molecule has 1 aromatic carbocycles. The van der Waals surface area contributed by atoms with Crippen LogP contribution in [-0.4, -0.2) is 26.2 Å². The predicted molar refractivity (Wildman–Crippen MR) is 66.5 cm³/mol. The Hall–Kier alpha value is -1.21. The van der Waals surface area contributed by atoms with E-state index < -0.39 is 0 Å². The van der Waals surface area contributed by atoms with Gasteiger partial charge in [0.25, 0.3) is 0 Å². The number of phenols is 1. The molecule has 2 rings (SSSR count). The first-order valence-electron chi connectivity index (χ1n) is 4.24. The van der Waals surface area contributed by atoms with E-state index in [0.717, 1.165) is 5.56 Å². The van der Waals surface area contributed by atoms with Crippen LogP contribution >= 0.6 is 31.9 Å². The van der Waals surface area contributed by atoms with Crippen molar-refractivity contribution in [1.29, 1.82) is 0 Å². The molecule has 0 saturated carbocycles. The highest BCUT2D eigenvalue weighted by Gasteiger charge is 2.04. The fourth-order valence-corrected chi connectivity index (χ4v) is 2.27. The fourth-order valence-electron chi connectivity index (χ4n) is 1.05. The van der Waals surface area contributed by atoms with E-state index in [0.29, 0.717) is 8.95 Å². The topological polar surface area (TPSA) is 63.3 Å². The van der Waals surface area contributed by atoms with E-state index in [1.54, 1.807) is 18.3 Å². The Morgan fingerprint density at radius 1 is 1.19 bits per heavy atom. The summed E-state index contributed by atoms with van der Waals surface area (Å²) in [6.07, 6.45) is 4.61. The highest BCUT2D eigenvalue weighted by Crippen LogP contribution is 2.32. The maximum Gasteiger partial charge on any atom is 0.143 e. The maximum absolute atomic E-state index is 9.52. The average Bonchev–Trinajstić information content (AvgIpc) is 2.75. The molecule has 0 fully saturated rings. The van der Waals surface area contributed by atoms with E-state index >= 15 is 0 Å². The van der Waals surface area contributed by atoms with Gasteiger partial charge in [-0.25, -0.2) is 4.68 Å². The molecule has 0 aliphatic rings. The Morgan fingerprint density at radius 2 is 1.75 bits per heavy atom. The minimum Gasteiger partial charge on any atom is -0.506 e. The zero-order valence-electron chi connectivity index (χ0n) is 7.88. The third-order valence-corrected chi connectivity index (χ3v) is 2.99. The van der Waals surface area contributed by atoms with Crippen molar-refractivity contribution in [3.8, 4) is 5.75 Å². The van der Waals surface area contributed by atoms with Gasteiger partial charge in [0.2, 0.25) is 0 Å². The van der Waals surface area contributed by atoms with Crippen LogP contribution in [0.4, 0.5) is 0 Å². The van der Waals surface area contributed by atoms with Gasteiger partial charge in [-0.05, 0) is 49.6 Å². The van der Waals surface area contributed by atoms with Crippen LogP contribution in [0.1, 0.15) is 5.56 Å². The molecule has 1 N–H and O–H groups in total. The Kier molecular flexibility index (Phi) is 3.35. The van der Waals surface area contributed by atoms with Gasteiger partial charge in [-0.1, -0.05) is 0 Å². The van der Waals surface area contributed by atoms with E-state index in [4.69, 9.17) is 0 Å². The van der Waals surface area contributed by atoms with Gasteiger partial charge in [-0.3, -0.25) is 0 Å². The van der Waals surface area contributed by atoms with E-state index in [2.05, 4.69) is 47.2 Å². The van der Waals surface area contributed by atoms with Gasteiger partial charge in [0, 0.05) is 0 Å². The van der Waals surface area contributed by atoms with Crippen LogP contribution in [0.15, 0.2) is 38.8 Å². The molecule has 0 bridgehead atoms. The molecule has 1 heterocycles. The maximum atomic E-state index is 9.52. The molecule has 0 unspecified atom stereocenters. The number of hydrogen-bond acceptors (Lipinski definition) is 4. The number of aromatic hydroxyl groups is 1. The quantitative estimate of drug-likeness (QED) is 0.850. The SMILES string of the molecule is Oc1c(Br)cc(C=Nn2cnnc2)cc1Br. The Bertz CT molecular complexity index is 501. The lowest BCUT2D eigenvalue weighted by Gasteiger charge is -2.01. The lowest BCUT2D eigenvalue weighted by atomic mass is 10.2. The van der Waals surface area contributed by atoms with Crippen molar-refractivity contribution < 1.29 is 5.11 Å². The number of phenolic OH excluding ortho intramolecular Hbond substituents is 1. The molecule has 1 aromatic heterocycles. The third-order valence-electron chi connectivity index (χ3n) is 1.79. The minimum absolute atomic E-state index is 0.168. The van der Waals surface area contributed by atoms with Crippen LogP contribution in [0.2, 0.25) is 0 Å². The van der Waals surface area contributed by atoms with Crippen LogP contribution in [0, 0.1) is 0 Å². The van der Waals surface area contributed by atoms with Crippen molar-refractivity contribution >= 4 is 38.1 Å². The Balaban J connectivity index is 2.29. The first-order chi connectivity index (χ1) is 7.66. The molecule has 0 aliphatic heterocycles. The number of benzene rings is 1. The molecule has 0 radical (unpaired) electrons. The second-order valence-corrected chi connectivity index (χ2v) is 4.63. The number of aromatic nitrogens is 3. The Labute approximate surface area is 108 Å². The summed E-state index contributed by atoms with van der Waals surface area (Å²) in [4.78, 5) is 0. The highest BCUT2D eigenvalue weighted by molar-refractivity contribution is 9.11. The van der Waals surface area contributed by atoms with Gasteiger partial charge in [-0.2, -0.15) is 5.10 Å². The highest BCUT2D eigenvalue weighted by atomic mass is 79.9. The molecule has 16 heavy (non-hydrogen) atoms. The van der Waals surface area contributed by atoms with Gasteiger partial charge in [0.05, 0.1) is 15.2 Å². The normalized spacial score (nSPS) is 11.1. The molecular formula is C9H6Br2N4O. The first-order valence-corrected chi connectivity index (χ1v) is 5.82. The van der Waals surface area contributed by atoms with Gasteiger partial charge in [0.1, 0.15) is 18.4 Å². The summed E-state index contributed by atoms with van der Waals surface area (Å²) in [5.74, 6) is 0.168. The number of hydrogen-bond donors (Lipinski definition) is 1. The van der Waals surface area contributed by atoms with Crippen LogP contribution in [0.25, 0.3) is 0 Å². The second kappa shape index (κ2) is 4.75. The molecule has 0 amide bonds. The van der Waals surface area contributed by atoms with Crippen molar-refractivity contribution in [2.45, 2.75) is 0 Å².